The summed E-state index contributed by atoms with van der Waals surface area (Å²) in [6, 6.07) is 16.1. The maximum atomic E-state index is 12.5. The maximum Gasteiger partial charge on any atom is 0.251 e. The number of carbonyl (C=O) groups is 1. The zero-order chi connectivity index (χ0) is 18.5. The van der Waals surface area contributed by atoms with E-state index >= 15 is 0 Å². The van der Waals surface area contributed by atoms with Gasteiger partial charge in [0.1, 0.15) is 11.8 Å². The van der Waals surface area contributed by atoms with Gasteiger partial charge in [-0.1, -0.05) is 37.2 Å². The molecular formula is C20H21N3O3. The largest absolute Gasteiger partial charge is 0.497 e. The molecule has 6 heteroatoms. The lowest BCUT2D eigenvalue weighted by Crippen LogP contribution is -2.32. The van der Waals surface area contributed by atoms with Crippen LogP contribution < -0.4 is 10.1 Å². The van der Waals surface area contributed by atoms with Gasteiger partial charge < -0.3 is 14.6 Å². The minimum absolute atomic E-state index is 0.0897. The van der Waals surface area contributed by atoms with Gasteiger partial charge in [0.25, 0.3) is 5.91 Å². The van der Waals surface area contributed by atoms with Gasteiger partial charge in [-0.2, -0.15) is 4.98 Å². The highest BCUT2D eigenvalue weighted by Gasteiger charge is 2.25. The average Bonchev–Trinajstić information content (AvgIpc) is 3.16. The first kappa shape index (κ1) is 17.7. The summed E-state index contributed by atoms with van der Waals surface area (Å²) < 4.78 is 10.6. The maximum absolute atomic E-state index is 12.5. The lowest BCUT2D eigenvalue weighted by atomic mass is 10.0. The van der Waals surface area contributed by atoms with E-state index in [4.69, 9.17) is 9.26 Å². The fourth-order valence-electron chi connectivity index (χ4n) is 2.55. The van der Waals surface area contributed by atoms with E-state index in [1.54, 1.807) is 19.2 Å². The van der Waals surface area contributed by atoms with E-state index in [0.29, 0.717) is 17.3 Å². The molecule has 2 aromatic carbocycles. The number of benzene rings is 2. The average molecular weight is 351 g/mol. The normalized spacial score (nSPS) is 12.0. The number of hydrogen-bond acceptors (Lipinski definition) is 5. The molecule has 3 aromatic rings. The van der Waals surface area contributed by atoms with Crippen LogP contribution in [0, 0.1) is 5.92 Å². The van der Waals surface area contributed by atoms with Crippen molar-refractivity contribution in [3.05, 3.63) is 66.1 Å². The van der Waals surface area contributed by atoms with Gasteiger partial charge in [-0.3, -0.25) is 4.79 Å². The van der Waals surface area contributed by atoms with Crippen LogP contribution in [-0.4, -0.2) is 23.2 Å². The number of hydrogen-bond donors (Lipinski definition) is 1. The zero-order valence-corrected chi connectivity index (χ0v) is 15.0. The van der Waals surface area contributed by atoms with Gasteiger partial charge in [0, 0.05) is 11.1 Å². The van der Waals surface area contributed by atoms with Crippen LogP contribution in [0.15, 0.2) is 59.1 Å². The topological polar surface area (TPSA) is 77.3 Å². The van der Waals surface area contributed by atoms with Crippen LogP contribution in [-0.2, 0) is 0 Å². The lowest BCUT2D eigenvalue weighted by Gasteiger charge is -2.18. The molecule has 1 atom stereocenters. The molecule has 0 fully saturated rings. The first-order chi connectivity index (χ1) is 12.6. The summed E-state index contributed by atoms with van der Waals surface area (Å²) in [5.41, 5.74) is 1.41. The Balaban J connectivity index is 1.80. The number of nitrogens with zero attached hydrogens (tertiary/aromatic N) is 2. The van der Waals surface area contributed by atoms with Crippen LogP contribution in [0.1, 0.15) is 36.1 Å². The molecule has 26 heavy (non-hydrogen) atoms. The highest BCUT2D eigenvalue weighted by molar-refractivity contribution is 5.94. The van der Waals surface area contributed by atoms with Crippen molar-refractivity contribution in [2.75, 3.05) is 7.11 Å². The third-order valence-electron chi connectivity index (χ3n) is 4.05. The molecule has 0 spiro atoms. The Morgan fingerprint density at radius 3 is 2.38 bits per heavy atom. The smallest absolute Gasteiger partial charge is 0.251 e. The van der Waals surface area contributed by atoms with Gasteiger partial charge in [-0.05, 0) is 42.3 Å². The summed E-state index contributed by atoms with van der Waals surface area (Å²) in [6.07, 6.45) is 0. The first-order valence-electron chi connectivity index (χ1n) is 8.42. The van der Waals surface area contributed by atoms with Crippen molar-refractivity contribution in [2.45, 2.75) is 19.9 Å². The van der Waals surface area contributed by atoms with E-state index in [2.05, 4.69) is 15.5 Å². The number of amides is 1. The summed E-state index contributed by atoms with van der Waals surface area (Å²) in [5, 5.41) is 7.02. The predicted octanol–water partition coefficient (Wildman–Crippen LogP) is 3.87. The standard InChI is InChI=1S/C20H21N3O3/c1-13(2)17(21-19(24)15-7-5-4-6-8-15)20-22-18(23-26-20)14-9-11-16(25-3)12-10-14/h4-13,17H,1-3H3,(H,21,24)/t17-/m1/s1. The van der Waals surface area contributed by atoms with Crippen molar-refractivity contribution in [3.8, 4) is 17.1 Å². The molecule has 3 rings (SSSR count). The molecule has 0 unspecified atom stereocenters. The second-order valence-electron chi connectivity index (χ2n) is 6.25. The van der Waals surface area contributed by atoms with E-state index in [-0.39, 0.29) is 17.9 Å². The molecule has 1 N–H and O–H groups in total. The van der Waals surface area contributed by atoms with Gasteiger partial charge in [0.15, 0.2) is 0 Å². The number of rotatable bonds is 6. The van der Waals surface area contributed by atoms with Gasteiger partial charge in [-0.15, -0.1) is 0 Å². The monoisotopic (exact) mass is 351 g/mol. The molecule has 1 aromatic heterocycles. The molecule has 0 saturated carbocycles. The summed E-state index contributed by atoms with van der Waals surface area (Å²) >= 11 is 0. The highest BCUT2D eigenvalue weighted by Crippen LogP contribution is 2.25. The van der Waals surface area contributed by atoms with Gasteiger partial charge in [0.2, 0.25) is 11.7 Å². The molecule has 0 aliphatic rings. The molecular weight excluding hydrogens is 330 g/mol. The Morgan fingerprint density at radius 1 is 1.08 bits per heavy atom. The number of methoxy groups -OCH3 is 1. The number of ether oxygens (including phenoxy) is 1. The second-order valence-corrected chi connectivity index (χ2v) is 6.25. The summed E-state index contributed by atoms with van der Waals surface area (Å²) in [5.74, 6) is 1.53. The minimum Gasteiger partial charge on any atom is -0.497 e. The number of aromatic nitrogens is 2. The Hall–Kier alpha value is -3.15. The molecule has 134 valence electrons. The van der Waals surface area contributed by atoms with Crippen LogP contribution >= 0.6 is 0 Å². The van der Waals surface area contributed by atoms with Gasteiger partial charge >= 0.3 is 0 Å². The summed E-state index contributed by atoms with van der Waals surface area (Å²) in [7, 11) is 1.62. The van der Waals surface area contributed by atoms with Crippen molar-refractivity contribution < 1.29 is 14.1 Å². The fourth-order valence-corrected chi connectivity index (χ4v) is 2.55. The Kier molecular flexibility index (Phi) is 5.31. The van der Waals surface area contributed by atoms with Gasteiger partial charge in [0.05, 0.1) is 7.11 Å². The van der Waals surface area contributed by atoms with E-state index in [1.807, 2.05) is 56.3 Å². The van der Waals surface area contributed by atoms with Crippen molar-refractivity contribution in [2.24, 2.45) is 5.92 Å². The van der Waals surface area contributed by atoms with E-state index in [0.717, 1.165) is 11.3 Å². The molecule has 0 aliphatic carbocycles. The molecule has 1 amide bonds. The molecule has 0 bridgehead atoms. The summed E-state index contributed by atoms with van der Waals surface area (Å²) in [4.78, 5) is 16.9. The molecule has 0 saturated heterocycles. The Morgan fingerprint density at radius 2 is 1.77 bits per heavy atom. The van der Waals surface area contributed by atoms with Crippen LogP contribution in [0.4, 0.5) is 0 Å². The van der Waals surface area contributed by atoms with Gasteiger partial charge in [-0.25, -0.2) is 0 Å². The van der Waals surface area contributed by atoms with Crippen molar-refractivity contribution >= 4 is 5.91 Å². The van der Waals surface area contributed by atoms with Crippen molar-refractivity contribution in [3.63, 3.8) is 0 Å². The van der Waals surface area contributed by atoms with Crippen molar-refractivity contribution in [1.82, 2.24) is 15.5 Å². The van der Waals surface area contributed by atoms with Crippen molar-refractivity contribution in [1.29, 1.82) is 0 Å². The van der Waals surface area contributed by atoms with E-state index in [1.165, 1.54) is 0 Å². The molecule has 0 aliphatic heterocycles. The minimum atomic E-state index is -0.373. The third-order valence-corrected chi connectivity index (χ3v) is 4.05. The lowest BCUT2D eigenvalue weighted by molar-refractivity contribution is 0.0914. The quantitative estimate of drug-likeness (QED) is 0.729. The van der Waals surface area contributed by atoms with Crippen LogP contribution in [0.5, 0.6) is 5.75 Å². The zero-order valence-electron chi connectivity index (χ0n) is 15.0. The van der Waals surface area contributed by atoms with Crippen LogP contribution in [0.3, 0.4) is 0 Å². The van der Waals surface area contributed by atoms with Crippen LogP contribution in [0.2, 0.25) is 0 Å². The molecule has 1 heterocycles. The predicted molar refractivity (Wildman–Crippen MR) is 97.8 cm³/mol. The SMILES string of the molecule is COc1ccc(-c2noc([C@H](NC(=O)c3ccccc3)C(C)C)n2)cc1. The fraction of sp³-hybridized carbons (Fsp3) is 0.250. The van der Waals surface area contributed by atoms with Crippen LogP contribution in [0.25, 0.3) is 11.4 Å². The molecule has 0 radical (unpaired) electrons. The number of carbonyl (C=O) groups excluding carboxylic acids is 1. The highest BCUT2D eigenvalue weighted by atomic mass is 16.5. The third kappa shape index (κ3) is 3.91. The summed E-state index contributed by atoms with van der Waals surface area (Å²) in [6.45, 7) is 3.99. The number of nitrogens with one attached hydrogen (secondary N) is 1. The molecule has 6 nitrogen and oxygen atoms in total. The van der Waals surface area contributed by atoms with E-state index < -0.39 is 0 Å². The second kappa shape index (κ2) is 7.82. The Bertz CT molecular complexity index is 858. The van der Waals surface area contributed by atoms with E-state index in [9.17, 15) is 4.79 Å². The first-order valence-corrected chi connectivity index (χ1v) is 8.42. The Labute approximate surface area is 152 Å².